The van der Waals surface area contributed by atoms with Gasteiger partial charge >= 0.3 is 0 Å². The molecule has 3 N–H and O–H groups in total. The SMILES string of the molecule is CC(CO)(CO)CNc1ccc(C#N)c(C#N)c1. The third kappa shape index (κ3) is 3.21. The maximum atomic E-state index is 9.15. The van der Waals surface area contributed by atoms with Crippen molar-refractivity contribution in [3.05, 3.63) is 29.3 Å². The predicted molar refractivity (Wildman–Crippen MR) is 66.6 cm³/mol. The zero-order chi connectivity index (χ0) is 13.6. The molecule has 0 saturated carbocycles. The van der Waals surface area contributed by atoms with Crippen LogP contribution in [0.1, 0.15) is 18.1 Å². The number of benzene rings is 1. The number of nitrogens with one attached hydrogen (secondary N) is 1. The van der Waals surface area contributed by atoms with Crippen LogP contribution in [0.25, 0.3) is 0 Å². The van der Waals surface area contributed by atoms with Gasteiger partial charge in [0.2, 0.25) is 0 Å². The molecule has 0 unspecified atom stereocenters. The highest BCUT2D eigenvalue weighted by Crippen LogP contribution is 2.18. The lowest BCUT2D eigenvalue weighted by Gasteiger charge is -2.25. The van der Waals surface area contributed by atoms with Gasteiger partial charge in [-0.05, 0) is 18.2 Å². The van der Waals surface area contributed by atoms with Crippen LogP contribution in [0.2, 0.25) is 0 Å². The van der Waals surface area contributed by atoms with E-state index in [0.717, 1.165) is 0 Å². The summed E-state index contributed by atoms with van der Waals surface area (Å²) < 4.78 is 0. The van der Waals surface area contributed by atoms with Crippen LogP contribution in [0.3, 0.4) is 0 Å². The molecule has 1 aromatic rings. The maximum absolute atomic E-state index is 9.15. The van der Waals surface area contributed by atoms with E-state index in [4.69, 9.17) is 20.7 Å². The lowest BCUT2D eigenvalue weighted by Crippen LogP contribution is -2.34. The van der Waals surface area contributed by atoms with Crippen LogP contribution < -0.4 is 5.32 Å². The second-order valence-corrected chi connectivity index (χ2v) is 4.46. The number of nitrogens with zero attached hydrogens (tertiary/aromatic N) is 2. The Morgan fingerprint density at radius 2 is 1.78 bits per heavy atom. The van der Waals surface area contributed by atoms with Gasteiger partial charge in [0.05, 0.1) is 24.3 Å². The van der Waals surface area contributed by atoms with Crippen LogP contribution in [-0.2, 0) is 0 Å². The van der Waals surface area contributed by atoms with Crippen molar-refractivity contribution in [1.29, 1.82) is 10.5 Å². The van der Waals surface area contributed by atoms with Crippen molar-refractivity contribution in [2.45, 2.75) is 6.92 Å². The molecule has 0 saturated heterocycles. The number of hydrogen-bond acceptors (Lipinski definition) is 5. The molecule has 0 radical (unpaired) electrons. The minimum absolute atomic E-state index is 0.141. The summed E-state index contributed by atoms with van der Waals surface area (Å²) in [5.41, 5.74) is 0.687. The molecule has 0 fully saturated rings. The average molecular weight is 245 g/mol. The van der Waals surface area contributed by atoms with Crippen molar-refractivity contribution >= 4 is 5.69 Å². The standard InChI is InChI=1S/C13H15N3O2/c1-13(8-17,9-18)7-16-12-3-2-10(5-14)11(4-12)6-15/h2-4,16-18H,7-9H2,1H3. The number of hydrogen-bond donors (Lipinski definition) is 3. The molecule has 0 heterocycles. The molecule has 1 rings (SSSR count). The summed E-state index contributed by atoms with van der Waals surface area (Å²) in [5.74, 6) is 0. The van der Waals surface area contributed by atoms with E-state index < -0.39 is 5.41 Å². The van der Waals surface area contributed by atoms with Crippen LogP contribution in [-0.4, -0.2) is 30.0 Å². The van der Waals surface area contributed by atoms with Gasteiger partial charge in [-0.3, -0.25) is 0 Å². The summed E-state index contributed by atoms with van der Waals surface area (Å²) in [7, 11) is 0. The van der Waals surface area contributed by atoms with Gasteiger partial charge in [-0.25, -0.2) is 0 Å². The van der Waals surface area contributed by atoms with Gasteiger partial charge in [-0.1, -0.05) is 6.92 Å². The van der Waals surface area contributed by atoms with E-state index >= 15 is 0 Å². The molecule has 0 aliphatic rings. The van der Waals surface area contributed by atoms with Gasteiger partial charge in [0.15, 0.2) is 0 Å². The number of anilines is 1. The number of aliphatic hydroxyl groups excluding tert-OH is 2. The highest BCUT2D eigenvalue weighted by atomic mass is 16.3. The van der Waals surface area contributed by atoms with Crippen molar-refractivity contribution in [1.82, 2.24) is 0 Å². The molecule has 0 spiro atoms. The zero-order valence-corrected chi connectivity index (χ0v) is 10.1. The largest absolute Gasteiger partial charge is 0.396 e. The summed E-state index contributed by atoms with van der Waals surface area (Å²) in [4.78, 5) is 0. The molecule has 1 aromatic carbocycles. The van der Waals surface area contributed by atoms with Crippen LogP contribution in [0.4, 0.5) is 5.69 Å². The quantitative estimate of drug-likeness (QED) is 0.713. The highest BCUT2D eigenvalue weighted by Gasteiger charge is 2.22. The predicted octanol–water partition coefficient (Wildman–Crippen LogP) is 0.833. The van der Waals surface area contributed by atoms with E-state index in [1.807, 2.05) is 12.1 Å². The van der Waals surface area contributed by atoms with Gasteiger partial charge in [0.1, 0.15) is 12.1 Å². The summed E-state index contributed by atoms with van der Waals surface area (Å²) >= 11 is 0. The highest BCUT2D eigenvalue weighted by molar-refractivity contribution is 5.56. The molecule has 0 aromatic heterocycles. The van der Waals surface area contributed by atoms with Gasteiger partial charge < -0.3 is 15.5 Å². The number of nitriles is 2. The summed E-state index contributed by atoms with van der Waals surface area (Å²) in [6, 6.07) is 8.72. The first-order valence-corrected chi connectivity index (χ1v) is 5.48. The first-order valence-electron chi connectivity index (χ1n) is 5.48. The van der Waals surface area contributed by atoms with Crippen molar-refractivity contribution in [2.75, 3.05) is 25.1 Å². The Hall–Kier alpha value is -2.08. The Morgan fingerprint density at radius 3 is 2.28 bits per heavy atom. The van der Waals surface area contributed by atoms with Crippen molar-refractivity contribution < 1.29 is 10.2 Å². The number of rotatable bonds is 5. The van der Waals surface area contributed by atoms with Crippen molar-refractivity contribution in [3.8, 4) is 12.1 Å². The Morgan fingerprint density at radius 1 is 1.17 bits per heavy atom. The summed E-state index contributed by atoms with van der Waals surface area (Å²) in [6.45, 7) is 1.83. The van der Waals surface area contributed by atoms with Crippen LogP contribution in [0, 0.1) is 28.1 Å². The van der Waals surface area contributed by atoms with E-state index in [9.17, 15) is 0 Å². The molecular weight excluding hydrogens is 230 g/mol. The number of aliphatic hydroxyl groups is 2. The lowest BCUT2D eigenvalue weighted by atomic mass is 9.93. The fourth-order valence-electron chi connectivity index (χ4n) is 1.32. The minimum Gasteiger partial charge on any atom is -0.396 e. The first kappa shape index (κ1) is 14.0. The second-order valence-electron chi connectivity index (χ2n) is 4.46. The third-order valence-electron chi connectivity index (χ3n) is 2.74. The van der Waals surface area contributed by atoms with E-state index in [-0.39, 0.29) is 13.2 Å². The Balaban J connectivity index is 2.82. The maximum Gasteiger partial charge on any atom is 0.101 e. The van der Waals surface area contributed by atoms with E-state index in [2.05, 4.69) is 5.32 Å². The van der Waals surface area contributed by atoms with Gasteiger partial charge in [0.25, 0.3) is 0 Å². The zero-order valence-electron chi connectivity index (χ0n) is 10.1. The second kappa shape index (κ2) is 6.02. The molecule has 0 aliphatic carbocycles. The van der Waals surface area contributed by atoms with Crippen LogP contribution in [0.5, 0.6) is 0 Å². The molecule has 5 heteroatoms. The van der Waals surface area contributed by atoms with Gasteiger partial charge in [-0.15, -0.1) is 0 Å². The molecule has 0 bridgehead atoms. The monoisotopic (exact) mass is 245 g/mol. The minimum atomic E-state index is -0.624. The van der Waals surface area contributed by atoms with Crippen molar-refractivity contribution in [3.63, 3.8) is 0 Å². The summed E-state index contributed by atoms with van der Waals surface area (Å²) in [6.07, 6.45) is 0. The van der Waals surface area contributed by atoms with E-state index in [0.29, 0.717) is 23.4 Å². The molecule has 18 heavy (non-hydrogen) atoms. The van der Waals surface area contributed by atoms with E-state index in [1.165, 1.54) is 0 Å². The molecule has 5 nitrogen and oxygen atoms in total. The summed E-state index contributed by atoms with van der Waals surface area (Å²) in [5, 5.41) is 39.0. The lowest BCUT2D eigenvalue weighted by molar-refractivity contribution is 0.0806. The van der Waals surface area contributed by atoms with Crippen LogP contribution in [0.15, 0.2) is 18.2 Å². The first-order chi connectivity index (χ1) is 8.58. The third-order valence-corrected chi connectivity index (χ3v) is 2.74. The van der Waals surface area contributed by atoms with E-state index in [1.54, 1.807) is 25.1 Å². The average Bonchev–Trinajstić information content (AvgIpc) is 2.44. The normalized spacial score (nSPS) is 10.5. The fourth-order valence-corrected chi connectivity index (χ4v) is 1.32. The molecular formula is C13H15N3O2. The van der Waals surface area contributed by atoms with Gasteiger partial charge in [0, 0.05) is 17.6 Å². The topological polar surface area (TPSA) is 100 Å². The molecule has 0 amide bonds. The van der Waals surface area contributed by atoms with Gasteiger partial charge in [-0.2, -0.15) is 10.5 Å². The Bertz CT molecular complexity index is 496. The molecule has 0 aliphatic heterocycles. The molecule has 0 atom stereocenters. The van der Waals surface area contributed by atoms with Crippen molar-refractivity contribution in [2.24, 2.45) is 5.41 Å². The smallest absolute Gasteiger partial charge is 0.101 e. The Kier molecular flexibility index (Phi) is 4.67. The molecule has 94 valence electrons. The Labute approximate surface area is 106 Å². The van der Waals surface area contributed by atoms with Crippen LogP contribution >= 0.6 is 0 Å². The fraction of sp³-hybridized carbons (Fsp3) is 0.385.